The van der Waals surface area contributed by atoms with Crippen molar-refractivity contribution in [3.05, 3.63) is 0 Å². The van der Waals surface area contributed by atoms with Crippen LogP contribution in [0.4, 0.5) is 0 Å². The third-order valence-corrected chi connectivity index (χ3v) is 15.5. The van der Waals surface area contributed by atoms with E-state index in [4.69, 9.17) is 23.7 Å². The molecular weight excluding hydrogens is 664 g/mol. The maximum Gasteiger partial charge on any atom is 0.186 e. The zero-order valence-electron chi connectivity index (χ0n) is 30.7. The Balaban J connectivity index is 0.935. The zero-order valence-corrected chi connectivity index (χ0v) is 30.7. The van der Waals surface area contributed by atoms with E-state index in [0.29, 0.717) is 36.5 Å². The summed E-state index contributed by atoms with van der Waals surface area (Å²) in [5, 5.41) is 82.4. The van der Waals surface area contributed by atoms with E-state index in [1.54, 1.807) is 0 Å². The minimum Gasteiger partial charge on any atom is -0.394 e. The zero-order chi connectivity index (χ0) is 36.6. The lowest BCUT2D eigenvalue weighted by Gasteiger charge is -2.61. The summed E-state index contributed by atoms with van der Waals surface area (Å²) in [5.41, 5.74) is 0.274. The van der Waals surface area contributed by atoms with E-state index in [0.717, 1.165) is 51.4 Å². The first-order chi connectivity index (χ1) is 24.1. The Labute approximate surface area is 301 Å². The fraction of sp³-hybridized carbons (Fsp3) is 1.00. The number of aliphatic hydroxyl groups excluding tert-OH is 7. The quantitative estimate of drug-likeness (QED) is 0.156. The third kappa shape index (κ3) is 6.65. The number of hydrogen-bond acceptors (Lipinski definition) is 13. The van der Waals surface area contributed by atoms with Crippen molar-refractivity contribution >= 4 is 0 Å². The second-order valence-corrected chi connectivity index (χ2v) is 18.2. The maximum absolute atomic E-state index is 11.9. The van der Waals surface area contributed by atoms with Crippen molar-refractivity contribution in [2.45, 2.75) is 165 Å². The molecule has 13 heteroatoms. The molecule has 4 saturated carbocycles. The highest BCUT2D eigenvalue weighted by molar-refractivity contribution is 5.15. The first-order valence-electron chi connectivity index (χ1n) is 19.7. The summed E-state index contributed by atoms with van der Waals surface area (Å²) in [7, 11) is 0. The molecule has 13 nitrogen and oxygen atoms in total. The number of ether oxygens (including phenoxy) is 5. The van der Waals surface area contributed by atoms with Crippen molar-refractivity contribution < 1.29 is 64.5 Å². The van der Waals surface area contributed by atoms with E-state index in [9.17, 15) is 40.9 Å². The van der Waals surface area contributed by atoms with Gasteiger partial charge in [-0.25, -0.2) is 0 Å². The Morgan fingerprint density at radius 1 is 0.824 bits per heavy atom. The Bertz CT molecular complexity index is 1210. The van der Waals surface area contributed by atoms with Gasteiger partial charge in [0, 0.05) is 12.3 Å². The van der Waals surface area contributed by atoms with Gasteiger partial charge in [0.05, 0.1) is 32.0 Å². The number of hydrogen-bond donors (Lipinski definition) is 8. The van der Waals surface area contributed by atoms with Gasteiger partial charge in [0.1, 0.15) is 42.7 Å². The van der Waals surface area contributed by atoms with Gasteiger partial charge in [-0.3, -0.25) is 0 Å². The molecule has 0 aromatic heterocycles. The van der Waals surface area contributed by atoms with Gasteiger partial charge in [-0.05, 0) is 104 Å². The summed E-state index contributed by atoms with van der Waals surface area (Å²) in [6.45, 7) is 8.84. The molecule has 7 rings (SSSR count). The van der Waals surface area contributed by atoms with Crippen LogP contribution in [0.3, 0.4) is 0 Å². The van der Waals surface area contributed by atoms with Crippen LogP contribution in [-0.4, -0.2) is 134 Å². The highest BCUT2D eigenvalue weighted by Gasteiger charge is 2.68. The summed E-state index contributed by atoms with van der Waals surface area (Å²) in [6.07, 6.45) is -1.79. The van der Waals surface area contributed by atoms with Gasteiger partial charge in [-0.1, -0.05) is 27.7 Å². The van der Waals surface area contributed by atoms with Crippen LogP contribution >= 0.6 is 0 Å². The molecule has 7 aliphatic rings. The molecule has 0 bridgehead atoms. The molecule has 8 N–H and O–H groups in total. The number of aliphatic hydroxyl groups is 8. The largest absolute Gasteiger partial charge is 0.394 e. The third-order valence-electron chi connectivity index (χ3n) is 15.5. The molecule has 3 saturated heterocycles. The van der Waals surface area contributed by atoms with Crippen LogP contribution in [0.5, 0.6) is 0 Å². The molecule has 0 aromatic rings. The second-order valence-electron chi connectivity index (χ2n) is 18.2. The molecule has 0 spiro atoms. The summed E-state index contributed by atoms with van der Waals surface area (Å²) in [6, 6.07) is 0. The minimum absolute atomic E-state index is 0.00997. The first-order valence-corrected chi connectivity index (χ1v) is 19.7. The normalized spacial score (nSPS) is 56.1. The number of rotatable bonds is 9. The molecule has 294 valence electrons. The smallest absolute Gasteiger partial charge is 0.186 e. The van der Waals surface area contributed by atoms with Gasteiger partial charge in [0.2, 0.25) is 0 Å². The predicted octanol–water partition coefficient (Wildman–Crippen LogP) is 1.04. The molecule has 21 atom stereocenters. The standard InChI is InChI=1S/C38H64O13/c1-18(16-47-34-32(44)29(41)25(40)17-48-34)7-12-38(46)19(2)28-26(51-38)14-24-22-6-5-20-13-21(8-10-36(20,3)23(22)9-11-37(24,28)4)49-35-33(45)31(43)30(42)27(15-39)50-35/h18-35,39-46H,5-17H2,1-4H3/t18-,19-,20+,21-,22+,23-,24-,25-,26-,27+,28-,29-,30-,31-,32+,33+,34+,35+,36-,37-,38+/m0/s1. The molecule has 3 heterocycles. The van der Waals surface area contributed by atoms with Crippen LogP contribution in [0.15, 0.2) is 0 Å². The average Bonchev–Trinajstić information content (AvgIpc) is 3.54. The van der Waals surface area contributed by atoms with Crippen LogP contribution in [0, 0.1) is 52.3 Å². The van der Waals surface area contributed by atoms with Crippen molar-refractivity contribution in [3.63, 3.8) is 0 Å². The fourth-order valence-electron chi connectivity index (χ4n) is 12.4. The monoisotopic (exact) mass is 728 g/mol. The molecule has 51 heavy (non-hydrogen) atoms. The van der Waals surface area contributed by atoms with Crippen LogP contribution in [0.25, 0.3) is 0 Å². The van der Waals surface area contributed by atoms with Crippen molar-refractivity contribution in [1.29, 1.82) is 0 Å². The average molecular weight is 729 g/mol. The molecule has 4 aliphatic carbocycles. The Hall–Kier alpha value is -0.520. The molecule has 3 aliphatic heterocycles. The summed E-state index contributed by atoms with van der Waals surface area (Å²) in [5.74, 6) is 1.35. The SMILES string of the molecule is C[C@@H](CC[C@@]1(O)O[C@H]2C[C@H]3[C@@H]4CC[C@@H]5C[C@@H](O[C@@H]6O[C@H](CO)[C@H](O)[C@H](O)[C@H]6O)CC[C@]5(C)[C@H]4CC[C@]3(C)[C@H]2[C@@H]1C)CO[C@@H]1OC[C@H](O)[C@H](O)[C@H]1O. The highest BCUT2D eigenvalue weighted by atomic mass is 16.7. The summed E-state index contributed by atoms with van der Waals surface area (Å²) < 4.78 is 29.7. The second kappa shape index (κ2) is 14.5. The van der Waals surface area contributed by atoms with Crippen molar-refractivity contribution in [3.8, 4) is 0 Å². The predicted molar refractivity (Wildman–Crippen MR) is 180 cm³/mol. The van der Waals surface area contributed by atoms with Gasteiger partial charge in [-0.15, -0.1) is 0 Å². The van der Waals surface area contributed by atoms with Crippen molar-refractivity contribution in [1.82, 2.24) is 0 Å². The van der Waals surface area contributed by atoms with Crippen LogP contribution in [0.1, 0.15) is 91.9 Å². The summed E-state index contributed by atoms with van der Waals surface area (Å²) >= 11 is 0. The Morgan fingerprint density at radius 2 is 1.55 bits per heavy atom. The van der Waals surface area contributed by atoms with Crippen LogP contribution in [0.2, 0.25) is 0 Å². The van der Waals surface area contributed by atoms with E-state index in [1.165, 1.54) is 0 Å². The van der Waals surface area contributed by atoms with Gasteiger partial charge in [-0.2, -0.15) is 0 Å². The van der Waals surface area contributed by atoms with Gasteiger partial charge in [0.25, 0.3) is 0 Å². The highest BCUT2D eigenvalue weighted by Crippen LogP contribution is 2.71. The van der Waals surface area contributed by atoms with Crippen molar-refractivity contribution in [2.75, 3.05) is 19.8 Å². The molecular formula is C38H64O13. The Kier molecular flexibility index (Phi) is 11.0. The molecule has 0 unspecified atom stereocenters. The van der Waals surface area contributed by atoms with Crippen LogP contribution < -0.4 is 0 Å². The number of fused-ring (bicyclic) bond motifs is 7. The van der Waals surface area contributed by atoms with Gasteiger partial charge in [0.15, 0.2) is 18.4 Å². The van der Waals surface area contributed by atoms with E-state index >= 15 is 0 Å². The lowest BCUT2D eigenvalue weighted by Crippen LogP contribution is -2.60. The molecule has 0 radical (unpaired) electrons. The van der Waals surface area contributed by atoms with E-state index < -0.39 is 67.7 Å². The summed E-state index contributed by atoms with van der Waals surface area (Å²) in [4.78, 5) is 0. The van der Waals surface area contributed by atoms with E-state index in [-0.39, 0.29) is 54.0 Å². The van der Waals surface area contributed by atoms with Gasteiger partial charge >= 0.3 is 0 Å². The first kappa shape index (κ1) is 38.7. The van der Waals surface area contributed by atoms with Crippen molar-refractivity contribution in [2.24, 2.45) is 52.3 Å². The molecule has 7 fully saturated rings. The molecule has 0 aromatic carbocycles. The topological polar surface area (TPSA) is 208 Å². The van der Waals surface area contributed by atoms with E-state index in [2.05, 4.69) is 20.8 Å². The Morgan fingerprint density at radius 3 is 2.29 bits per heavy atom. The van der Waals surface area contributed by atoms with E-state index in [1.807, 2.05) is 6.92 Å². The van der Waals surface area contributed by atoms with Gasteiger partial charge < -0.3 is 64.5 Å². The lowest BCUT2D eigenvalue weighted by molar-refractivity contribution is -0.316. The minimum atomic E-state index is -1.44. The van der Waals surface area contributed by atoms with Crippen LogP contribution in [-0.2, 0) is 23.7 Å². The maximum atomic E-state index is 11.9. The lowest BCUT2D eigenvalue weighted by atomic mass is 9.44. The fourth-order valence-corrected chi connectivity index (χ4v) is 12.4. The molecule has 0 amide bonds.